The molecule has 0 saturated carbocycles. The van der Waals surface area contributed by atoms with Crippen LogP contribution in [0.1, 0.15) is 6.04 Å². The quantitative estimate of drug-likeness (QED) is 0.742. The van der Waals surface area contributed by atoms with Gasteiger partial charge in [-0.1, -0.05) is 0 Å². The van der Waals surface area contributed by atoms with Gasteiger partial charge < -0.3 is 0 Å². The molecule has 0 bridgehead atoms. The smallest absolute Gasteiger partial charge is 0.283 e. The maximum absolute atomic E-state index is 11.1. The highest BCUT2D eigenvalue weighted by Crippen LogP contribution is 2.17. The normalized spacial score (nSPS) is 28.4. The predicted molar refractivity (Wildman–Crippen MR) is 47.5 cm³/mol. The lowest BCUT2D eigenvalue weighted by Crippen LogP contribution is -2.39. The summed E-state index contributed by atoms with van der Waals surface area (Å²) in [4.78, 5) is 13.6. The lowest BCUT2D eigenvalue weighted by atomic mass is 10.4. The van der Waals surface area contributed by atoms with Crippen molar-refractivity contribution in [3.63, 3.8) is 0 Å². The standard InChI is InChI=1S/C5H6BrN3O2S/c6-4-7-5(10)9(8-4)3-1-12(11)2-3/h3H,1-2H2,(H,7,8,10). The van der Waals surface area contributed by atoms with E-state index in [0.29, 0.717) is 16.2 Å². The molecule has 0 radical (unpaired) electrons. The molecule has 1 saturated heterocycles. The number of nitrogens with zero attached hydrogens (tertiary/aromatic N) is 2. The summed E-state index contributed by atoms with van der Waals surface area (Å²) in [6.45, 7) is 0. The summed E-state index contributed by atoms with van der Waals surface area (Å²) in [5.74, 6) is 1.08. The van der Waals surface area contributed by atoms with Crippen LogP contribution in [0.25, 0.3) is 0 Å². The predicted octanol–water partition coefficient (Wildman–Crippen LogP) is -0.363. The average molecular weight is 252 g/mol. The fourth-order valence-corrected chi connectivity index (χ4v) is 2.46. The molecule has 12 heavy (non-hydrogen) atoms. The van der Waals surface area contributed by atoms with Gasteiger partial charge in [0.05, 0.1) is 6.04 Å². The average Bonchev–Trinajstić information content (AvgIpc) is 2.23. The van der Waals surface area contributed by atoms with E-state index in [4.69, 9.17) is 0 Å². The second-order valence-corrected chi connectivity index (χ2v) is 4.89. The number of H-pyrrole nitrogens is 1. The van der Waals surface area contributed by atoms with Crippen molar-refractivity contribution in [1.82, 2.24) is 14.8 Å². The number of hydrogen-bond donors (Lipinski definition) is 1. The maximum atomic E-state index is 11.1. The highest BCUT2D eigenvalue weighted by atomic mass is 79.9. The van der Waals surface area contributed by atoms with Gasteiger partial charge in [0.2, 0.25) is 0 Å². The van der Waals surface area contributed by atoms with E-state index in [1.54, 1.807) is 0 Å². The topological polar surface area (TPSA) is 67.8 Å². The maximum Gasteiger partial charge on any atom is 0.344 e. The molecule has 1 fully saturated rings. The third-order valence-electron chi connectivity index (χ3n) is 1.72. The van der Waals surface area contributed by atoms with Crippen molar-refractivity contribution in [2.75, 3.05) is 11.5 Å². The molecule has 2 rings (SSSR count). The Morgan fingerprint density at radius 3 is 2.75 bits per heavy atom. The minimum absolute atomic E-state index is 0.0147. The second-order valence-electron chi connectivity index (χ2n) is 2.59. The Morgan fingerprint density at radius 2 is 2.33 bits per heavy atom. The Bertz CT molecular complexity index is 376. The molecular weight excluding hydrogens is 246 g/mol. The fraction of sp³-hybridized carbons (Fsp3) is 0.600. The third kappa shape index (κ3) is 1.27. The highest BCUT2D eigenvalue weighted by Gasteiger charge is 2.29. The lowest BCUT2D eigenvalue weighted by Gasteiger charge is -2.23. The van der Waals surface area contributed by atoms with Gasteiger partial charge in [0.25, 0.3) is 0 Å². The van der Waals surface area contributed by atoms with Gasteiger partial charge in [-0.15, -0.1) is 5.10 Å². The van der Waals surface area contributed by atoms with Gasteiger partial charge in [0, 0.05) is 22.3 Å². The molecule has 1 aliphatic heterocycles. The molecule has 0 aromatic carbocycles. The minimum atomic E-state index is -0.750. The van der Waals surface area contributed by atoms with Crippen molar-refractivity contribution in [2.45, 2.75) is 6.04 Å². The van der Waals surface area contributed by atoms with Gasteiger partial charge in [-0.05, 0) is 15.9 Å². The summed E-state index contributed by atoms with van der Waals surface area (Å²) in [5.41, 5.74) is -0.247. The Hall–Kier alpha value is -0.430. The monoisotopic (exact) mass is 251 g/mol. The van der Waals surface area contributed by atoms with Gasteiger partial charge in [-0.25, -0.2) is 9.48 Å². The van der Waals surface area contributed by atoms with E-state index in [-0.39, 0.29) is 11.7 Å². The molecule has 1 aromatic heterocycles. The van der Waals surface area contributed by atoms with Crippen molar-refractivity contribution in [3.8, 4) is 0 Å². The molecule has 0 unspecified atom stereocenters. The fourth-order valence-electron chi connectivity index (χ4n) is 1.08. The number of hydrogen-bond acceptors (Lipinski definition) is 3. The highest BCUT2D eigenvalue weighted by molar-refractivity contribution is 9.10. The van der Waals surface area contributed by atoms with Crippen LogP contribution in [0.4, 0.5) is 0 Å². The Balaban J connectivity index is 2.29. The molecule has 0 aliphatic carbocycles. The molecule has 5 nitrogen and oxygen atoms in total. The zero-order valence-electron chi connectivity index (χ0n) is 5.99. The van der Waals surface area contributed by atoms with E-state index in [2.05, 4.69) is 26.0 Å². The zero-order chi connectivity index (χ0) is 8.72. The molecule has 2 heterocycles. The molecule has 0 spiro atoms. The first-order valence-electron chi connectivity index (χ1n) is 3.36. The van der Waals surface area contributed by atoms with E-state index >= 15 is 0 Å². The largest absolute Gasteiger partial charge is 0.344 e. The van der Waals surface area contributed by atoms with Crippen LogP contribution in [0.5, 0.6) is 0 Å². The van der Waals surface area contributed by atoms with Crippen molar-refractivity contribution in [1.29, 1.82) is 0 Å². The van der Waals surface area contributed by atoms with Crippen molar-refractivity contribution in [3.05, 3.63) is 15.2 Å². The first-order chi connectivity index (χ1) is 5.66. The van der Waals surface area contributed by atoms with Gasteiger partial charge in [-0.2, -0.15) is 0 Å². The molecule has 7 heteroatoms. The van der Waals surface area contributed by atoms with E-state index in [1.807, 2.05) is 0 Å². The summed E-state index contributed by atoms with van der Waals surface area (Å²) < 4.78 is 12.5. The van der Waals surface area contributed by atoms with Crippen LogP contribution >= 0.6 is 15.9 Å². The Morgan fingerprint density at radius 1 is 1.67 bits per heavy atom. The van der Waals surface area contributed by atoms with E-state index in [9.17, 15) is 9.00 Å². The van der Waals surface area contributed by atoms with E-state index in [1.165, 1.54) is 4.68 Å². The van der Waals surface area contributed by atoms with Gasteiger partial charge in [0.15, 0.2) is 4.73 Å². The summed E-state index contributed by atoms with van der Waals surface area (Å²) >= 11 is 3.06. The molecule has 1 aliphatic rings. The van der Waals surface area contributed by atoms with Crippen molar-refractivity contribution < 1.29 is 4.21 Å². The molecule has 66 valence electrons. The van der Waals surface area contributed by atoms with Crippen LogP contribution in [-0.4, -0.2) is 30.5 Å². The SMILES string of the molecule is O=c1[nH]c(Br)nn1C1CS(=O)C1. The molecule has 1 N–H and O–H groups in total. The number of aromatic amines is 1. The summed E-state index contributed by atoms with van der Waals surface area (Å²) in [6.07, 6.45) is 0. The van der Waals surface area contributed by atoms with Crippen LogP contribution in [0.2, 0.25) is 0 Å². The van der Waals surface area contributed by atoms with Gasteiger partial charge in [-0.3, -0.25) is 9.19 Å². The second kappa shape index (κ2) is 2.81. The molecule has 0 atom stereocenters. The van der Waals surface area contributed by atoms with Crippen LogP contribution in [0, 0.1) is 0 Å². The van der Waals surface area contributed by atoms with Crippen LogP contribution < -0.4 is 5.69 Å². The van der Waals surface area contributed by atoms with E-state index < -0.39 is 10.8 Å². The number of nitrogens with one attached hydrogen (secondary N) is 1. The van der Waals surface area contributed by atoms with Crippen molar-refractivity contribution in [2.24, 2.45) is 0 Å². The van der Waals surface area contributed by atoms with Crippen LogP contribution in [0.3, 0.4) is 0 Å². The zero-order valence-corrected chi connectivity index (χ0v) is 8.39. The minimum Gasteiger partial charge on any atom is -0.283 e. The van der Waals surface area contributed by atoms with E-state index in [0.717, 1.165) is 0 Å². The van der Waals surface area contributed by atoms with Gasteiger partial charge >= 0.3 is 5.69 Å². The lowest BCUT2D eigenvalue weighted by molar-refractivity contribution is 0.489. The number of aromatic nitrogens is 3. The summed E-state index contributed by atoms with van der Waals surface area (Å²) in [6, 6.07) is 0.0147. The number of rotatable bonds is 1. The Labute approximate surface area is 78.8 Å². The molecule has 0 amide bonds. The van der Waals surface area contributed by atoms with Crippen LogP contribution in [0.15, 0.2) is 9.53 Å². The third-order valence-corrected chi connectivity index (χ3v) is 3.59. The first kappa shape index (κ1) is 8.18. The molecule has 1 aromatic rings. The number of halogens is 1. The molecular formula is C5H6BrN3O2S. The first-order valence-corrected chi connectivity index (χ1v) is 5.64. The summed E-state index contributed by atoms with van der Waals surface area (Å²) in [5, 5.41) is 3.90. The van der Waals surface area contributed by atoms with Gasteiger partial charge in [0.1, 0.15) is 0 Å². The summed E-state index contributed by atoms with van der Waals surface area (Å²) in [7, 11) is -0.750. The van der Waals surface area contributed by atoms with Crippen molar-refractivity contribution >= 4 is 26.7 Å². The van der Waals surface area contributed by atoms with Crippen LogP contribution in [-0.2, 0) is 10.8 Å². The Kier molecular flexibility index (Phi) is 1.91.